The van der Waals surface area contributed by atoms with Crippen LogP contribution in [0.5, 0.6) is 0 Å². The van der Waals surface area contributed by atoms with Gasteiger partial charge in [-0.15, -0.1) is 24.0 Å². The molecule has 0 atom stereocenters. The highest BCUT2D eigenvalue weighted by molar-refractivity contribution is 14.0. The predicted molar refractivity (Wildman–Crippen MR) is 107 cm³/mol. The van der Waals surface area contributed by atoms with Gasteiger partial charge in [-0.3, -0.25) is 10.1 Å². The molecule has 0 unspecified atom stereocenters. The van der Waals surface area contributed by atoms with Crippen molar-refractivity contribution in [1.82, 2.24) is 10.6 Å². The summed E-state index contributed by atoms with van der Waals surface area (Å²) in [7, 11) is 0. The molecule has 2 N–H and O–H groups in total. The zero-order valence-electron chi connectivity index (χ0n) is 14.0. The van der Waals surface area contributed by atoms with E-state index in [4.69, 9.17) is 0 Å². The monoisotopic (exact) mass is 476 g/mol. The number of nitrogens with one attached hydrogen (secondary N) is 2. The Labute approximate surface area is 166 Å². The van der Waals surface area contributed by atoms with Crippen molar-refractivity contribution >= 4 is 35.6 Å². The first-order valence-corrected chi connectivity index (χ1v) is 7.69. The molecule has 0 heterocycles. The standard InChI is InChI=1S/C17H18F2N4O2.HI/c1-2-20-17(22-11-13-9-14(18)5-8-16(13)19)21-10-12-3-6-15(7-4-12)23(24)25;/h3-9H,2,10-11H2,1H3,(H2,20,21,22);1H. The van der Waals surface area contributed by atoms with E-state index >= 15 is 0 Å². The first-order chi connectivity index (χ1) is 12.0. The Kier molecular flexibility index (Phi) is 8.90. The summed E-state index contributed by atoms with van der Waals surface area (Å²) in [4.78, 5) is 14.5. The van der Waals surface area contributed by atoms with Crippen molar-refractivity contribution < 1.29 is 13.7 Å². The fourth-order valence-electron chi connectivity index (χ4n) is 2.09. The molecule has 0 amide bonds. The Hall–Kier alpha value is -2.30. The lowest BCUT2D eigenvalue weighted by Gasteiger charge is -2.12. The molecule has 0 bridgehead atoms. The van der Waals surface area contributed by atoms with E-state index in [1.54, 1.807) is 12.1 Å². The molecule has 0 aliphatic carbocycles. The Bertz CT molecular complexity index is 770. The molecule has 0 radical (unpaired) electrons. The zero-order chi connectivity index (χ0) is 18.2. The summed E-state index contributed by atoms with van der Waals surface area (Å²) in [6.45, 7) is 2.85. The van der Waals surface area contributed by atoms with Crippen molar-refractivity contribution in [2.75, 3.05) is 6.54 Å². The molecule has 0 fully saturated rings. The van der Waals surface area contributed by atoms with E-state index in [9.17, 15) is 18.9 Å². The molecule has 2 rings (SSSR count). The molecule has 0 spiro atoms. The number of hydrogen-bond acceptors (Lipinski definition) is 3. The largest absolute Gasteiger partial charge is 0.357 e. The minimum absolute atomic E-state index is 0. The molecule has 0 aliphatic rings. The lowest BCUT2D eigenvalue weighted by atomic mass is 10.2. The van der Waals surface area contributed by atoms with Gasteiger partial charge >= 0.3 is 0 Å². The molecular weight excluding hydrogens is 457 g/mol. The highest BCUT2D eigenvalue weighted by Gasteiger charge is 2.06. The van der Waals surface area contributed by atoms with Crippen molar-refractivity contribution in [3.63, 3.8) is 0 Å². The second kappa shape index (κ2) is 10.6. The lowest BCUT2D eigenvalue weighted by molar-refractivity contribution is -0.384. The molecule has 0 aliphatic heterocycles. The summed E-state index contributed by atoms with van der Waals surface area (Å²) in [6, 6.07) is 9.33. The highest BCUT2D eigenvalue weighted by atomic mass is 127. The molecule has 0 saturated carbocycles. The number of guanidine groups is 1. The van der Waals surface area contributed by atoms with Crippen molar-refractivity contribution in [1.29, 1.82) is 0 Å². The number of nitro benzene ring substituents is 1. The maximum absolute atomic E-state index is 13.6. The van der Waals surface area contributed by atoms with Crippen LogP contribution in [0.1, 0.15) is 18.1 Å². The Balaban J connectivity index is 0.00000338. The summed E-state index contributed by atoms with van der Waals surface area (Å²) in [5, 5.41) is 16.6. The van der Waals surface area contributed by atoms with Gasteiger partial charge in [-0.2, -0.15) is 0 Å². The summed E-state index contributed by atoms with van der Waals surface area (Å²) in [6.07, 6.45) is 0. The average molecular weight is 476 g/mol. The van der Waals surface area contributed by atoms with E-state index in [-0.39, 0.29) is 41.8 Å². The van der Waals surface area contributed by atoms with Crippen LogP contribution in [0.2, 0.25) is 0 Å². The summed E-state index contributed by atoms with van der Waals surface area (Å²) < 4.78 is 26.8. The van der Waals surface area contributed by atoms with Gasteiger partial charge in [0, 0.05) is 30.8 Å². The number of benzene rings is 2. The van der Waals surface area contributed by atoms with Gasteiger partial charge in [0.15, 0.2) is 5.96 Å². The second-order valence-electron chi connectivity index (χ2n) is 5.21. The zero-order valence-corrected chi connectivity index (χ0v) is 16.4. The number of hydrogen-bond donors (Lipinski definition) is 2. The maximum atomic E-state index is 13.6. The first kappa shape index (κ1) is 21.7. The average Bonchev–Trinajstić information content (AvgIpc) is 2.60. The normalized spacial score (nSPS) is 10.8. The molecule has 0 saturated heterocycles. The van der Waals surface area contributed by atoms with Gasteiger partial charge in [0.25, 0.3) is 5.69 Å². The molecule has 2 aromatic carbocycles. The van der Waals surface area contributed by atoms with Crippen LogP contribution >= 0.6 is 24.0 Å². The molecular formula is C17H19F2IN4O2. The minimum Gasteiger partial charge on any atom is -0.357 e. The minimum atomic E-state index is -0.508. The fourth-order valence-corrected chi connectivity index (χ4v) is 2.09. The Morgan fingerprint density at radius 3 is 2.46 bits per heavy atom. The topological polar surface area (TPSA) is 79.6 Å². The Morgan fingerprint density at radius 2 is 1.85 bits per heavy atom. The molecule has 140 valence electrons. The van der Waals surface area contributed by atoms with Crippen LogP contribution in [0.3, 0.4) is 0 Å². The van der Waals surface area contributed by atoms with Crippen LogP contribution in [0, 0.1) is 21.7 Å². The maximum Gasteiger partial charge on any atom is 0.269 e. The molecule has 6 nitrogen and oxygen atoms in total. The third kappa shape index (κ3) is 6.54. The first-order valence-electron chi connectivity index (χ1n) is 7.69. The van der Waals surface area contributed by atoms with Gasteiger partial charge in [0.05, 0.1) is 11.5 Å². The van der Waals surface area contributed by atoms with Crippen LogP contribution in [-0.4, -0.2) is 17.4 Å². The quantitative estimate of drug-likeness (QED) is 0.219. The van der Waals surface area contributed by atoms with E-state index in [1.165, 1.54) is 12.1 Å². The second-order valence-corrected chi connectivity index (χ2v) is 5.21. The molecule has 9 heteroatoms. The van der Waals surface area contributed by atoms with Crippen LogP contribution in [0.25, 0.3) is 0 Å². The van der Waals surface area contributed by atoms with Crippen LogP contribution in [-0.2, 0) is 13.1 Å². The molecule has 0 aromatic heterocycles. The van der Waals surface area contributed by atoms with Crippen molar-refractivity contribution in [3.05, 3.63) is 75.3 Å². The lowest BCUT2D eigenvalue weighted by Crippen LogP contribution is -2.37. The third-order valence-corrected chi connectivity index (χ3v) is 3.37. The van der Waals surface area contributed by atoms with Crippen LogP contribution in [0.15, 0.2) is 47.5 Å². The predicted octanol–water partition coefficient (Wildman–Crippen LogP) is 3.75. The number of nitrogens with zero attached hydrogens (tertiary/aromatic N) is 2. The van der Waals surface area contributed by atoms with Gasteiger partial charge in [0.2, 0.25) is 0 Å². The Morgan fingerprint density at radius 1 is 1.15 bits per heavy atom. The van der Waals surface area contributed by atoms with E-state index in [2.05, 4.69) is 15.6 Å². The number of halogens is 3. The third-order valence-electron chi connectivity index (χ3n) is 3.37. The number of non-ortho nitro benzene ring substituents is 1. The number of aliphatic imine (C=N–C) groups is 1. The highest BCUT2D eigenvalue weighted by Crippen LogP contribution is 2.12. The molecule has 2 aromatic rings. The summed E-state index contributed by atoms with van der Waals surface area (Å²) >= 11 is 0. The van der Waals surface area contributed by atoms with Gasteiger partial charge in [-0.05, 0) is 30.7 Å². The van der Waals surface area contributed by atoms with Gasteiger partial charge in [0.1, 0.15) is 11.6 Å². The summed E-state index contributed by atoms with van der Waals surface area (Å²) in [5.74, 6) is -0.573. The summed E-state index contributed by atoms with van der Waals surface area (Å²) in [5.41, 5.74) is 1.00. The van der Waals surface area contributed by atoms with Gasteiger partial charge < -0.3 is 10.6 Å². The van der Waals surface area contributed by atoms with E-state index in [1.807, 2.05) is 6.92 Å². The van der Waals surface area contributed by atoms with Gasteiger partial charge in [-0.1, -0.05) is 12.1 Å². The molecule has 26 heavy (non-hydrogen) atoms. The van der Waals surface area contributed by atoms with Crippen LogP contribution < -0.4 is 10.6 Å². The SMILES string of the molecule is CCNC(=NCc1ccc([N+](=O)[O-])cc1)NCc1cc(F)ccc1F.I. The van der Waals surface area contributed by atoms with Crippen molar-refractivity contribution in [2.45, 2.75) is 20.0 Å². The van der Waals surface area contributed by atoms with Crippen molar-refractivity contribution in [3.8, 4) is 0 Å². The van der Waals surface area contributed by atoms with Crippen molar-refractivity contribution in [2.24, 2.45) is 4.99 Å². The van der Waals surface area contributed by atoms with E-state index in [0.29, 0.717) is 19.0 Å². The smallest absolute Gasteiger partial charge is 0.269 e. The van der Waals surface area contributed by atoms with E-state index < -0.39 is 16.6 Å². The van der Waals surface area contributed by atoms with Crippen LogP contribution in [0.4, 0.5) is 14.5 Å². The fraction of sp³-hybridized carbons (Fsp3) is 0.235. The van der Waals surface area contributed by atoms with Gasteiger partial charge in [-0.25, -0.2) is 13.8 Å². The number of nitro groups is 1. The van der Waals surface area contributed by atoms with E-state index in [0.717, 1.165) is 23.8 Å². The number of rotatable bonds is 6.